The zero-order chi connectivity index (χ0) is 17.1. The maximum atomic E-state index is 9.76. The highest BCUT2D eigenvalue weighted by Gasteiger charge is 2.08. The molecule has 0 spiro atoms. The van der Waals surface area contributed by atoms with E-state index >= 15 is 0 Å². The molecule has 0 amide bonds. The average molecular weight is 443 g/mol. The minimum atomic E-state index is 0.150. The number of aromatic hydroxyl groups is 1. The summed E-state index contributed by atoms with van der Waals surface area (Å²) in [6, 6.07) is 10.4. The van der Waals surface area contributed by atoms with Gasteiger partial charge in [-0.1, -0.05) is 39.1 Å². The van der Waals surface area contributed by atoms with Gasteiger partial charge in [-0.2, -0.15) is 5.10 Å². The van der Waals surface area contributed by atoms with E-state index in [0.29, 0.717) is 20.7 Å². The van der Waals surface area contributed by atoms with Crippen LogP contribution in [0.2, 0.25) is 10.0 Å². The first kappa shape index (κ1) is 17.2. The number of hydrazone groups is 1. The number of anilines is 1. The second-order valence-corrected chi connectivity index (χ2v) is 7.35. The lowest BCUT2D eigenvalue weighted by molar-refractivity contribution is 0.474. The summed E-state index contributed by atoms with van der Waals surface area (Å²) < 4.78 is 0.857. The number of hydrogen-bond acceptors (Lipinski definition) is 5. The summed E-state index contributed by atoms with van der Waals surface area (Å²) in [4.78, 5) is 4.44. The molecule has 0 aliphatic rings. The molecule has 4 nitrogen and oxygen atoms in total. The molecule has 0 radical (unpaired) electrons. The van der Waals surface area contributed by atoms with Crippen molar-refractivity contribution in [2.24, 2.45) is 5.10 Å². The van der Waals surface area contributed by atoms with Gasteiger partial charge in [-0.15, -0.1) is 11.3 Å². The number of aromatic nitrogens is 1. The third kappa shape index (κ3) is 4.08. The van der Waals surface area contributed by atoms with Gasteiger partial charge in [0.05, 0.1) is 16.9 Å². The number of hydrogen-bond donors (Lipinski definition) is 2. The molecule has 0 fully saturated rings. The highest BCUT2D eigenvalue weighted by molar-refractivity contribution is 9.10. The Kier molecular flexibility index (Phi) is 5.40. The molecular formula is C16H10BrCl2N3OS. The number of benzene rings is 2. The molecule has 0 aliphatic heterocycles. The molecule has 8 heteroatoms. The number of phenols is 1. The van der Waals surface area contributed by atoms with E-state index < -0.39 is 0 Å². The average Bonchev–Trinajstić information content (AvgIpc) is 2.99. The molecule has 0 saturated carbocycles. The van der Waals surface area contributed by atoms with Crippen molar-refractivity contribution in [3.8, 4) is 17.0 Å². The normalized spacial score (nSPS) is 11.1. The van der Waals surface area contributed by atoms with Gasteiger partial charge in [-0.05, 0) is 36.4 Å². The van der Waals surface area contributed by atoms with Crippen LogP contribution in [0.5, 0.6) is 5.75 Å². The van der Waals surface area contributed by atoms with E-state index in [4.69, 9.17) is 23.2 Å². The molecule has 3 aromatic rings. The first-order chi connectivity index (χ1) is 11.5. The Morgan fingerprint density at radius 3 is 2.83 bits per heavy atom. The molecule has 3 rings (SSSR count). The number of nitrogens with zero attached hydrogens (tertiary/aromatic N) is 2. The van der Waals surface area contributed by atoms with E-state index in [1.54, 1.807) is 30.3 Å². The van der Waals surface area contributed by atoms with Crippen molar-refractivity contribution in [1.82, 2.24) is 4.98 Å². The van der Waals surface area contributed by atoms with Gasteiger partial charge in [0, 0.05) is 26.0 Å². The van der Waals surface area contributed by atoms with Gasteiger partial charge in [0.1, 0.15) is 5.75 Å². The molecule has 0 aliphatic carbocycles. The van der Waals surface area contributed by atoms with Crippen LogP contribution in [0.25, 0.3) is 11.3 Å². The van der Waals surface area contributed by atoms with Crippen molar-refractivity contribution in [3.63, 3.8) is 0 Å². The molecule has 2 N–H and O–H groups in total. The van der Waals surface area contributed by atoms with E-state index in [0.717, 1.165) is 15.7 Å². The largest absolute Gasteiger partial charge is 0.507 e. The zero-order valence-electron chi connectivity index (χ0n) is 12.0. The number of halogens is 3. The summed E-state index contributed by atoms with van der Waals surface area (Å²) in [6.45, 7) is 0. The van der Waals surface area contributed by atoms with Gasteiger partial charge < -0.3 is 5.11 Å². The third-order valence-electron chi connectivity index (χ3n) is 3.06. The molecule has 2 aromatic carbocycles. The zero-order valence-corrected chi connectivity index (χ0v) is 15.9. The number of nitrogens with one attached hydrogen (secondary N) is 1. The Labute approximate surface area is 160 Å². The third-order valence-corrected chi connectivity index (χ3v) is 4.85. The molecule has 1 heterocycles. The van der Waals surface area contributed by atoms with Crippen LogP contribution >= 0.6 is 50.5 Å². The van der Waals surface area contributed by atoms with Crippen LogP contribution in [-0.4, -0.2) is 16.3 Å². The lowest BCUT2D eigenvalue weighted by Crippen LogP contribution is -1.91. The Morgan fingerprint density at radius 2 is 2.04 bits per heavy atom. The van der Waals surface area contributed by atoms with Crippen molar-refractivity contribution in [3.05, 3.63) is 61.9 Å². The van der Waals surface area contributed by atoms with Crippen molar-refractivity contribution in [2.75, 3.05) is 5.43 Å². The minimum absolute atomic E-state index is 0.150. The molecule has 0 atom stereocenters. The van der Waals surface area contributed by atoms with Gasteiger partial charge in [0.15, 0.2) is 0 Å². The highest BCUT2D eigenvalue weighted by Crippen LogP contribution is 2.32. The van der Waals surface area contributed by atoms with Crippen LogP contribution in [-0.2, 0) is 0 Å². The topological polar surface area (TPSA) is 57.5 Å². The van der Waals surface area contributed by atoms with Crippen molar-refractivity contribution < 1.29 is 5.11 Å². The second kappa shape index (κ2) is 7.53. The van der Waals surface area contributed by atoms with Crippen LogP contribution < -0.4 is 5.43 Å². The van der Waals surface area contributed by atoms with Crippen LogP contribution in [0.4, 0.5) is 5.13 Å². The van der Waals surface area contributed by atoms with Crippen molar-refractivity contribution >= 4 is 61.8 Å². The van der Waals surface area contributed by atoms with E-state index in [9.17, 15) is 5.11 Å². The van der Waals surface area contributed by atoms with Crippen LogP contribution in [0.1, 0.15) is 5.56 Å². The van der Waals surface area contributed by atoms with Gasteiger partial charge in [0.25, 0.3) is 0 Å². The molecule has 1 aromatic heterocycles. The summed E-state index contributed by atoms with van der Waals surface area (Å²) in [6.07, 6.45) is 1.52. The predicted molar refractivity (Wildman–Crippen MR) is 105 cm³/mol. The maximum Gasteiger partial charge on any atom is 0.203 e. The summed E-state index contributed by atoms with van der Waals surface area (Å²) in [5, 5.41) is 17.5. The first-order valence-corrected chi connectivity index (χ1v) is 9.14. The molecule has 122 valence electrons. The van der Waals surface area contributed by atoms with Gasteiger partial charge in [0.2, 0.25) is 5.13 Å². The lowest BCUT2D eigenvalue weighted by atomic mass is 10.2. The van der Waals surface area contributed by atoms with Crippen molar-refractivity contribution in [1.29, 1.82) is 0 Å². The van der Waals surface area contributed by atoms with Crippen molar-refractivity contribution in [2.45, 2.75) is 0 Å². The van der Waals surface area contributed by atoms with E-state index in [2.05, 4.69) is 31.4 Å². The molecule has 0 saturated heterocycles. The Morgan fingerprint density at radius 1 is 1.21 bits per heavy atom. The van der Waals surface area contributed by atoms with Gasteiger partial charge in [-0.3, -0.25) is 5.43 Å². The van der Waals surface area contributed by atoms with E-state index in [-0.39, 0.29) is 5.75 Å². The summed E-state index contributed by atoms with van der Waals surface area (Å²) in [5.41, 5.74) is 4.98. The molecule has 24 heavy (non-hydrogen) atoms. The second-order valence-electron chi connectivity index (χ2n) is 4.74. The number of phenolic OH excluding ortho intramolecular Hbond substituents is 1. The summed E-state index contributed by atoms with van der Waals surface area (Å²) in [5.74, 6) is 0.150. The Bertz CT molecular complexity index is 914. The fraction of sp³-hybridized carbons (Fsp3) is 0. The Balaban J connectivity index is 1.74. The SMILES string of the molecule is Oc1ccc(Br)cc1/C=N\Nc1nc(-c2ccc(Cl)cc2Cl)cs1. The molecule has 0 bridgehead atoms. The smallest absolute Gasteiger partial charge is 0.203 e. The number of rotatable bonds is 4. The molecular weight excluding hydrogens is 433 g/mol. The standard InChI is InChI=1S/C16H10BrCl2N3OS/c17-10-1-4-15(23)9(5-10)7-20-22-16-21-14(8-24-16)12-3-2-11(18)6-13(12)19/h1-8,23H,(H,21,22)/b20-7-. The van der Waals surface area contributed by atoms with Gasteiger partial charge in [-0.25, -0.2) is 4.98 Å². The van der Waals surface area contributed by atoms with E-state index in [1.165, 1.54) is 17.6 Å². The fourth-order valence-corrected chi connectivity index (χ4v) is 3.48. The first-order valence-electron chi connectivity index (χ1n) is 6.71. The highest BCUT2D eigenvalue weighted by atomic mass is 79.9. The van der Waals surface area contributed by atoms with Crippen LogP contribution in [0.3, 0.4) is 0 Å². The maximum absolute atomic E-state index is 9.76. The lowest BCUT2D eigenvalue weighted by Gasteiger charge is -2.01. The quantitative estimate of drug-likeness (QED) is 0.383. The van der Waals surface area contributed by atoms with Crippen LogP contribution in [0.15, 0.2) is 51.4 Å². The fourth-order valence-electron chi connectivity index (χ4n) is 1.93. The van der Waals surface area contributed by atoms with Gasteiger partial charge >= 0.3 is 0 Å². The predicted octanol–water partition coefficient (Wildman–Crippen LogP) is 6.03. The summed E-state index contributed by atoms with van der Waals surface area (Å²) in [7, 11) is 0. The minimum Gasteiger partial charge on any atom is -0.507 e. The molecule has 0 unspecified atom stereocenters. The number of thiazole rings is 1. The van der Waals surface area contributed by atoms with Crippen LogP contribution in [0, 0.1) is 0 Å². The van der Waals surface area contributed by atoms with E-state index in [1.807, 2.05) is 11.4 Å². The monoisotopic (exact) mass is 441 g/mol. The Hall–Kier alpha value is -1.60. The summed E-state index contributed by atoms with van der Waals surface area (Å²) >= 11 is 16.8.